The minimum Gasteiger partial charge on any atom is -0.319 e. The molecule has 3 rings (SSSR count). The molecule has 0 fully saturated rings. The van der Waals surface area contributed by atoms with Gasteiger partial charge in [0, 0.05) is 11.6 Å². The molecule has 2 heteroatoms. The molecule has 92 valence electrons. The lowest BCUT2D eigenvalue weighted by molar-refractivity contribution is 0.643. The maximum atomic E-state index is 6.41. The van der Waals surface area contributed by atoms with Crippen LogP contribution in [-0.4, -0.2) is 4.98 Å². The maximum absolute atomic E-state index is 6.41. The van der Waals surface area contributed by atoms with Gasteiger partial charge in [0.05, 0.1) is 11.7 Å². The van der Waals surface area contributed by atoms with Crippen LogP contribution in [0.4, 0.5) is 0 Å². The number of pyridine rings is 1. The summed E-state index contributed by atoms with van der Waals surface area (Å²) in [5.41, 5.74) is 8.77. The van der Waals surface area contributed by atoms with Gasteiger partial charge in [-0.2, -0.15) is 0 Å². The lowest BCUT2D eigenvalue weighted by atomic mass is 9.91. The van der Waals surface area contributed by atoms with E-state index < -0.39 is 0 Å². The third-order valence-corrected chi connectivity index (χ3v) is 3.72. The minimum absolute atomic E-state index is 0.0450. The fraction of sp³-hybridized carbons (Fsp3) is 0.312. The Morgan fingerprint density at radius 2 is 2.00 bits per heavy atom. The van der Waals surface area contributed by atoms with Crippen LogP contribution in [0, 0.1) is 0 Å². The van der Waals surface area contributed by atoms with Crippen LogP contribution in [0.15, 0.2) is 48.2 Å². The van der Waals surface area contributed by atoms with Crippen molar-refractivity contribution in [3.8, 4) is 0 Å². The summed E-state index contributed by atoms with van der Waals surface area (Å²) in [4.78, 5) is 4.52. The van der Waals surface area contributed by atoms with Crippen molar-refractivity contribution in [3.63, 3.8) is 0 Å². The second kappa shape index (κ2) is 4.91. The number of hydrogen-bond donors (Lipinski definition) is 1. The van der Waals surface area contributed by atoms with Gasteiger partial charge in [-0.15, -0.1) is 0 Å². The Kier molecular flexibility index (Phi) is 3.11. The van der Waals surface area contributed by atoms with Gasteiger partial charge in [0.2, 0.25) is 0 Å². The Labute approximate surface area is 108 Å². The van der Waals surface area contributed by atoms with E-state index in [2.05, 4.69) is 35.3 Å². The predicted molar refractivity (Wildman–Crippen MR) is 75.2 cm³/mol. The highest BCUT2D eigenvalue weighted by molar-refractivity contribution is 5.84. The molecule has 2 N–H and O–H groups in total. The van der Waals surface area contributed by atoms with E-state index >= 15 is 0 Å². The zero-order valence-electron chi connectivity index (χ0n) is 10.5. The maximum Gasteiger partial charge on any atom is 0.0692 e. The molecule has 1 aliphatic carbocycles. The Balaban J connectivity index is 2.05. The van der Waals surface area contributed by atoms with E-state index in [1.54, 1.807) is 0 Å². The molecule has 1 unspecified atom stereocenters. The van der Waals surface area contributed by atoms with Crippen LogP contribution >= 0.6 is 0 Å². The van der Waals surface area contributed by atoms with Gasteiger partial charge in [0.15, 0.2) is 0 Å². The van der Waals surface area contributed by atoms with Crippen LogP contribution in [-0.2, 0) is 0 Å². The second-order valence-electron chi connectivity index (χ2n) is 4.92. The first-order chi connectivity index (χ1) is 8.86. The van der Waals surface area contributed by atoms with Crippen molar-refractivity contribution >= 4 is 10.8 Å². The van der Waals surface area contributed by atoms with Gasteiger partial charge in [-0.05, 0) is 37.1 Å². The van der Waals surface area contributed by atoms with Gasteiger partial charge in [-0.3, -0.25) is 4.98 Å². The molecule has 18 heavy (non-hydrogen) atoms. The fourth-order valence-corrected chi connectivity index (χ4v) is 2.71. The molecule has 0 saturated carbocycles. The highest BCUT2D eigenvalue weighted by Gasteiger charge is 2.17. The molecule has 0 aliphatic heterocycles. The van der Waals surface area contributed by atoms with Crippen molar-refractivity contribution in [3.05, 3.63) is 53.9 Å². The van der Waals surface area contributed by atoms with Crippen molar-refractivity contribution in [2.24, 2.45) is 5.73 Å². The number of benzene rings is 1. The fourth-order valence-electron chi connectivity index (χ4n) is 2.71. The number of aromatic nitrogens is 1. The average Bonchev–Trinajstić information content (AvgIpc) is 2.47. The predicted octanol–water partition coefficient (Wildman–Crippen LogP) is 3.74. The largest absolute Gasteiger partial charge is 0.319 e. The number of hydrogen-bond acceptors (Lipinski definition) is 2. The second-order valence-corrected chi connectivity index (χ2v) is 4.92. The third-order valence-electron chi connectivity index (χ3n) is 3.72. The highest BCUT2D eigenvalue weighted by Crippen LogP contribution is 2.30. The quantitative estimate of drug-likeness (QED) is 0.809. The molecule has 0 bridgehead atoms. The van der Waals surface area contributed by atoms with Gasteiger partial charge in [-0.1, -0.05) is 35.9 Å². The summed E-state index contributed by atoms with van der Waals surface area (Å²) in [6.07, 6.45) is 8.99. The lowest BCUT2D eigenvalue weighted by Crippen LogP contribution is -2.16. The van der Waals surface area contributed by atoms with Crippen LogP contribution in [0.1, 0.15) is 37.4 Å². The first-order valence-corrected chi connectivity index (χ1v) is 6.64. The third kappa shape index (κ3) is 2.04. The zero-order chi connectivity index (χ0) is 12.4. The van der Waals surface area contributed by atoms with Crippen molar-refractivity contribution in [2.75, 3.05) is 0 Å². The summed E-state index contributed by atoms with van der Waals surface area (Å²) in [6.45, 7) is 0. The summed E-state index contributed by atoms with van der Waals surface area (Å²) in [5, 5.41) is 2.40. The number of nitrogens with zero attached hydrogens (tertiary/aromatic N) is 1. The molecule has 1 aromatic carbocycles. The van der Waals surface area contributed by atoms with Crippen molar-refractivity contribution in [1.29, 1.82) is 0 Å². The van der Waals surface area contributed by atoms with Gasteiger partial charge < -0.3 is 5.73 Å². The smallest absolute Gasteiger partial charge is 0.0692 e. The molecule has 1 aliphatic rings. The van der Waals surface area contributed by atoms with Crippen molar-refractivity contribution < 1.29 is 0 Å². The van der Waals surface area contributed by atoms with Gasteiger partial charge in [-0.25, -0.2) is 0 Å². The van der Waals surface area contributed by atoms with E-state index in [0.717, 1.165) is 18.5 Å². The molecule has 0 saturated heterocycles. The lowest BCUT2D eigenvalue weighted by Gasteiger charge is -2.20. The first kappa shape index (κ1) is 11.4. The van der Waals surface area contributed by atoms with E-state index in [4.69, 9.17) is 5.73 Å². The monoisotopic (exact) mass is 238 g/mol. The molecule has 1 atom stereocenters. The molecular weight excluding hydrogens is 220 g/mol. The number of nitrogens with two attached hydrogens (primary N) is 1. The Bertz CT molecular complexity index is 581. The number of rotatable bonds is 2. The molecule has 0 spiro atoms. The number of fused-ring (bicyclic) bond motifs is 1. The topological polar surface area (TPSA) is 38.9 Å². The summed E-state index contributed by atoms with van der Waals surface area (Å²) in [7, 11) is 0. The van der Waals surface area contributed by atoms with Crippen molar-refractivity contribution in [2.45, 2.75) is 31.7 Å². The van der Waals surface area contributed by atoms with Crippen LogP contribution in [0.3, 0.4) is 0 Å². The van der Waals surface area contributed by atoms with Crippen LogP contribution < -0.4 is 5.73 Å². The van der Waals surface area contributed by atoms with Gasteiger partial charge in [0.25, 0.3) is 0 Å². The van der Waals surface area contributed by atoms with E-state index in [-0.39, 0.29) is 6.04 Å². The summed E-state index contributed by atoms with van der Waals surface area (Å²) in [5.74, 6) is 0. The van der Waals surface area contributed by atoms with E-state index in [9.17, 15) is 0 Å². The normalized spacial score (nSPS) is 17.5. The molecule has 0 amide bonds. The van der Waals surface area contributed by atoms with E-state index in [0.29, 0.717) is 0 Å². The van der Waals surface area contributed by atoms with E-state index in [1.165, 1.54) is 29.2 Å². The zero-order valence-corrected chi connectivity index (χ0v) is 10.5. The van der Waals surface area contributed by atoms with Crippen LogP contribution in [0.2, 0.25) is 0 Å². The average molecular weight is 238 g/mol. The molecular formula is C16H18N2. The Morgan fingerprint density at radius 1 is 1.11 bits per heavy atom. The van der Waals surface area contributed by atoms with Crippen LogP contribution in [0.25, 0.3) is 10.8 Å². The molecule has 1 aromatic heterocycles. The summed E-state index contributed by atoms with van der Waals surface area (Å²) in [6, 6.07) is 10.3. The van der Waals surface area contributed by atoms with Crippen molar-refractivity contribution in [1.82, 2.24) is 4.98 Å². The molecule has 2 nitrogen and oxygen atoms in total. The Morgan fingerprint density at radius 3 is 2.83 bits per heavy atom. The van der Waals surface area contributed by atoms with Gasteiger partial charge in [0.1, 0.15) is 0 Å². The van der Waals surface area contributed by atoms with Gasteiger partial charge >= 0.3 is 0 Å². The first-order valence-electron chi connectivity index (χ1n) is 6.64. The number of allylic oxidation sites excluding steroid dienone is 1. The summed E-state index contributed by atoms with van der Waals surface area (Å²) < 4.78 is 0. The molecule has 1 heterocycles. The summed E-state index contributed by atoms with van der Waals surface area (Å²) >= 11 is 0. The minimum atomic E-state index is -0.0450. The molecule has 0 radical (unpaired) electrons. The van der Waals surface area contributed by atoms with E-state index in [1.807, 2.05) is 12.3 Å². The molecule has 2 aromatic rings. The Hall–Kier alpha value is -1.67. The SMILES string of the molecule is NC(C1=CCCCC1)c1nccc2ccccc12. The highest BCUT2D eigenvalue weighted by atomic mass is 14.8. The van der Waals surface area contributed by atoms with Crippen LogP contribution in [0.5, 0.6) is 0 Å². The standard InChI is InChI=1S/C16H18N2/c17-15(13-7-2-1-3-8-13)16-14-9-5-4-6-12(14)10-11-18-16/h4-7,9-11,15H,1-3,8,17H2.